The minimum absolute atomic E-state index is 0.178. The SMILES string of the molecule is CN(CCC(O)c1ccccc1)Cc1ccccc1F. The molecule has 1 unspecified atom stereocenters. The van der Waals surface area contributed by atoms with Gasteiger partial charge in [-0.1, -0.05) is 48.5 Å². The van der Waals surface area contributed by atoms with E-state index in [9.17, 15) is 9.50 Å². The van der Waals surface area contributed by atoms with Crippen molar-refractivity contribution in [3.63, 3.8) is 0 Å². The third-order valence-electron chi connectivity index (χ3n) is 3.37. The molecule has 0 saturated carbocycles. The van der Waals surface area contributed by atoms with E-state index in [-0.39, 0.29) is 5.82 Å². The van der Waals surface area contributed by atoms with Crippen molar-refractivity contribution in [2.24, 2.45) is 0 Å². The fraction of sp³-hybridized carbons (Fsp3) is 0.294. The summed E-state index contributed by atoms with van der Waals surface area (Å²) in [4.78, 5) is 2.02. The molecule has 0 heterocycles. The second kappa shape index (κ2) is 7.17. The summed E-state index contributed by atoms with van der Waals surface area (Å²) < 4.78 is 13.5. The third-order valence-corrected chi connectivity index (χ3v) is 3.37. The fourth-order valence-corrected chi connectivity index (χ4v) is 2.18. The van der Waals surface area contributed by atoms with Crippen LogP contribution in [0.5, 0.6) is 0 Å². The highest BCUT2D eigenvalue weighted by Gasteiger charge is 2.10. The van der Waals surface area contributed by atoms with Crippen LogP contribution >= 0.6 is 0 Å². The van der Waals surface area contributed by atoms with Gasteiger partial charge in [0.1, 0.15) is 5.82 Å². The summed E-state index contributed by atoms with van der Waals surface area (Å²) in [6.07, 6.45) is 0.161. The molecule has 0 aromatic heterocycles. The highest BCUT2D eigenvalue weighted by atomic mass is 19.1. The van der Waals surface area contributed by atoms with E-state index in [1.54, 1.807) is 12.1 Å². The molecule has 106 valence electrons. The zero-order valence-electron chi connectivity index (χ0n) is 11.7. The zero-order valence-corrected chi connectivity index (χ0v) is 11.7. The maximum atomic E-state index is 13.5. The van der Waals surface area contributed by atoms with Gasteiger partial charge in [0, 0.05) is 18.7 Å². The first-order valence-corrected chi connectivity index (χ1v) is 6.82. The first kappa shape index (κ1) is 14.7. The lowest BCUT2D eigenvalue weighted by Gasteiger charge is -2.19. The molecule has 2 rings (SSSR count). The van der Waals surface area contributed by atoms with E-state index in [1.165, 1.54) is 6.07 Å². The number of halogens is 1. The summed E-state index contributed by atoms with van der Waals surface area (Å²) in [5.74, 6) is -0.178. The molecule has 1 atom stereocenters. The molecule has 2 nitrogen and oxygen atoms in total. The smallest absolute Gasteiger partial charge is 0.127 e. The first-order valence-electron chi connectivity index (χ1n) is 6.82. The first-order chi connectivity index (χ1) is 9.66. The van der Waals surface area contributed by atoms with Gasteiger partial charge in [-0.05, 0) is 25.1 Å². The van der Waals surface area contributed by atoms with Gasteiger partial charge in [-0.15, -0.1) is 0 Å². The van der Waals surface area contributed by atoms with Crippen LogP contribution in [0.1, 0.15) is 23.7 Å². The molecule has 0 bridgehead atoms. The van der Waals surface area contributed by atoms with Crippen LogP contribution in [0.4, 0.5) is 4.39 Å². The summed E-state index contributed by atoms with van der Waals surface area (Å²) in [7, 11) is 1.93. The average Bonchev–Trinajstić information content (AvgIpc) is 2.48. The van der Waals surface area contributed by atoms with Gasteiger partial charge in [-0.25, -0.2) is 4.39 Å². The summed E-state index contributed by atoms with van der Waals surface area (Å²) in [6, 6.07) is 16.4. The molecule has 0 aliphatic heterocycles. The molecule has 2 aromatic carbocycles. The Balaban J connectivity index is 1.84. The van der Waals surface area contributed by atoms with Crippen LogP contribution in [0.3, 0.4) is 0 Å². The number of hydrogen-bond donors (Lipinski definition) is 1. The van der Waals surface area contributed by atoms with Crippen molar-refractivity contribution < 1.29 is 9.50 Å². The lowest BCUT2D eigenvalue weighted by atomic mass is 10.1. The van der Waals surface area contributed by atoms with Crippen molar-refractivity contribution in [1.82, 2.24) is 4.90 Å². The molecule has 3 heteroatoms. The van der Waals surface area contributed by atoms with Crippen LogP contribution in [-0.4, -0.2) is 23.6 Å². The second-order valence-corrected chi connectivity index (χ2v) is 5.04. The maximum absolute atomic E-state index is 13.5. The molecule has 0 spiro atoms. The summed E-state index contributed by atoms with van der Waals surface area (Å²) >= 11 is 0. The Kier molecular flexibility index (Phi) is 5.27. The van der Waals surface area contributed by atoms with Crippen molar-refractivity contribution in [3.8, 4) is 0 Å². The average molecular weight is 273 g/mol. The topological polar surface area (TPSA) is 23.5 Å². The molecule has 0 aliphatic carbocycles. The normalized spacial score (nSPS) is 12.6. The van der Waals surface area contributed by atoms with Gasteiger partial charge in [0.05, 0.1) is 6.10 Å². The van der Waals surface area contributed by atoms with Gasteiger partial charge in [0.15, 0.2) is 0 Å². The van der Waals surface area contributed by atoms with Crippen molar-refractivity contribution in [3.05, 3.63) is 71.5 Å². The van der Waals surface area contributed by atoms with Crippen molar-refractivity contribution in [1.29, 1.82) is 0 Å². The Morgan fingerprint density at radius 2 is 1.70 bits per heavy atom. The Morgan fingerprint density at radius 1 is 1.05 bits per heavy atom. The lowest BCUT2D eigenvalue weighted by Crippen LogP contribution is -2.21. The van der Waals surface area contributed by atoms with Crippen molar-refractivity contribution >= 4 is 0 Å². The molecule has 2 aromatic rings. The number of aliphatic hydroxyl groups excluding tert-OH is 1. The van der Waals surface area contributed by atoms with Crippen LogP contribution in [-0.2, 0) is 6.54 Å². The van der Waals surface area contributed by atoms with Crippen LogP contribution in [0.2, 0.25) is 0 Å². The number of rotatable bonds is 6. The van der Waals surface area contributed by atoms with Gasteiger partial charge in [-0.3, -0.25) is 0 Å². The standard InChI is InChI=1S/C17H20FNO/c1-19(13-15-9-5-6-10-16(15)18)12-11-17(20)14-7-3-2-4-8-14/h2-10,17,20H,11-13H2,1H3. The van der Waals surface area contributed by atoms with E-state index in [2.05, 4.69) is 0 Å². The molecule has 1 N–H and O–H groups in total. The van der Waals surface area contributed by atoms with E-state index in [0.29, 0.717) is 25.1 Å². The van der Waals surface area contributed by atoms with Gasteiger partial charge < -0.3 is 10.0 Å². The number of benzene rings is 2. The minimum atomic E-state index is -0.473. The quantitative estimate of drug-likeness (QED) is 0.872. The summed E-state index contributed by atoms with van der Waals surface area (Å²) in [5, 5.41) is 10.1. The number of nitrogens with zero attached hydrogens (tertiary/aromatic N) is 1. The third kappa shape index (κ3) is 4.15. The van der Waals surface area contributed by atoms with E-state index >= 15 is 0 Å². The van der Waals surface area contributed by atoms with Gasteiger partial charge in [-0.2, -0.15) is 0 Å². The van der Waals surface area contributed by atoms with E-state index in [0.717, 1.165) is 5.56 Å². The van der Waals surface area contributed by atoms with Gasteiger partial charge >= 0.3 is 0 Å². The van der Waals surface area contributed by atoms with Crippen molar-refractivity contribution in [2.75, 3.05) is 13.6 Å². The van der Waals surface area contributed by atoms with E-state index in [4.69, 9.17) is 0 Å². The maximum Gasteiger partial charge on any atom is 0.127 e. The second-order valence-electron chi connectivity index (χ2n) is 5.04. The van der Waals surface area contributed by atoms with Crippen LogP contribution in [0.25, 0.3) is 0 Å². The monoisotopic (exact) mass is 273 g/mol. The van der Waals surface area contributed by atoms with Crippen LogP contribution < -0.4 is 0 Å². The van der Waals surface area contributed by atoms with Crippen molar-refractivity contribution in [2.45, 2.75) is 19.1 Å². The van der Waals surface area contributed by atoms with Gasteiger partial charge in [0.25, 0.3) is 0 Å². The molecule has 0 saturated heterocycles. The highest BCUT2D eigenvalue weighted by molar-refractivity contribution is 5.18. The molecule has 0 amide bonds. The molecule has 0 aliphatic rings. The summed E-state index contributed by atoms with van der Waals surface area (Å²) in [6.45, 7) is 1.26. The van der Waals surface area contributed by atoms with Crippen LogP contribution in [0.15, 0.2) is 54.6 Å². The predicted molar refractivity (Wildman–Crippen MR) is 78.8 cm³/mol. The predicted octanol–water partition coefficient (Wildman–Crippen LogP) is 3.38. The molecule has 0 radical (unpaired) electrons. The number of aliphatic hydroxyl groups is 1. The Labute approximate surface area is 119 Å². The number of hydrogen-bond acceptors (Lipinski definition) is 2. The largest absolute Gasteiger partial charge is 0.388 e. The Hall–Kier alpha value is -1.71. The Morgan fingerprint density at radius 3 is 2.40 bits per heavy atom. The summed E-state index contributed by atoms with van der Waals surface area (Å²) in [5.41, 5.74) is 1.61. The molecule has 20 heavy (non-hydrogen) atoms. The lowest BCUT2D eigenvalue weighted by molar-refractivity contribution is 0.147. The van der Waals surface area contributed by atoms with Crippen LogP contribution in [0, 0.1) is 5.82 Å². The van der Waals surface area contributed by atoms with E-state index in [1.807, 2.05) is 48.3 Å². The molecular formula is C17H20FNO. The van der Waals surface area contributed by atoms with E-state index < -0.39 is 6.10 Å². The Bertz CT molecular complexity index is 530. The minimum Gasteiger partial charge on any atom is -0.388 e. The van der Waals surface area contributed by atoms with Gasteiger partial charge in [0.2, 0.25) is 0 Å². The molecular weight excluding hydrogens is 253 g/mol. The molecule has 0 fully saturated rings. The fourth-order valence-electron chi connectivity index (χ4n) is 2.18. The zero-order chi connectivity index (χ0) is 14.4. The highest BCUT2D eigenvalue weighted by Crippen LogP contribution is 2.17.